The fourth-order valence-electron chi connectivity index (χ4n) is 3.18. The van der Waals surface area contributed by atoms with E-state index in [0.29, 0.717) is 10.7 Å². The molecule has 138 valence electrons. The van der Waals surface area contributed by atoms with Crippen molar-refractivity contribution in [2.75, 3.05) is 0 Å². The van der Waals surface area contributed by atoms with E-state index in [1.807, 2.05) is 0 Å². The molecule has 0 bridgehead atoms. The lowest BCUT2D eigenvalue weighted by Gasteiger charge is -2.10. The van der Waals surface area contributed by atoms with E-state index in [2.05, 4.69) is 4.98 Å². The maximum Gasteiger partial charge on any atom is 0.338 e. The first-order chi connectivity index (χ1) is 13.0. The number of non-ortho nitro benzene ring substituents is 1. The van der Waals surface area contributed by atoms with E-state index in [9.17, 15) is 19.7 Å². The Hall–Kier alpha value is -3.07. The topological polar surface area (TPSA) is 104 Å². The third-order valence-corrected chi connectivity index (χ3v) is 5.60. The van der Waals surface area contributed by atoms with Crippen LogP contribution in [0.1, 0.15) is 39.5 Å². The van der Waals surface area contributed by atoms with Crippen LogP contribution in [0.3, 0.4) is 0 Å². The quantitative estimate of drug-likeness (QED) is 0.389. The van der Waals surface area contributed by atoms with Crippen LogP contribution in [0.2, 0.25) is 0 Å². The van der Waals surface area contributed by atoms with Gasteiger partial charge in [-0.1, -0.05) is 6.07 Å². The summed E-state index contributed by atoms with van der Waals surface area (Å²) in [6.07, 6.45) is 4.01. The van der Waals surface area contributed by atoms with Crippen molar-refractivity contribution in [2.24, 2.45) is 0 Å². The van der Waals surface area contributed by atoms with Gasteiger partial charge in [0.15, 0.2) is 4.96 Å². The van der Waals surface area contributed by atoms with Crippen molar-refractivity contribution in [3.05, 3.63) is 72.6 Å². The number of aromatic nitrogens is 2. The first-order valence-corrected chi connectivity index (χ1v) is 9.29. The molecule has 1 aliphatic carbocycles. The lowest BCUT2D eigenvalue weighted by atomic mass is 10.0. The van der Waals surface area contributed by atoms with Gasteiger partial charge < -0.3 is 4.74 Å². The van der Waals surface area contributed by atoms with Gasteiger partial charge in [0, 0.05) is 28.8 Å². The highest BCUT2D eigenvalue weighted by Crippen LogP contribution is 2.28. The van der Waals surface area contributed by atoms with Gasteiger partial charge in [-0.3, -0.25) is 19.3 Å². The summed E-state index contributed by atoms with van der Waals surface area (Å²) < 4.78 is 6.83. The lowest BCUT2D eigenvalue weighted by molar-refractivity contribution is -0.384. The van der Waals surface area contributed by atoms with Gasteiger partial charge in [-0.25, -0.2) is 9.78 Å². The zero-order valence-electron chi connectivity index (χ0n) is 14.2. The van der Waals surface area contributed by atoms with E-state index in [4.69, 9.17) is 4.74 Å². The monoisotopic (exact) mass is 385 g/mol. The Kier molecular flexibility index (Phi) is 4.44. The number of ether oxygens (including phenoxy) is 1. The normalized spacial score (nSPS) is 13.3. The van der Waals surface area contributed by atoms with Gasteiger partial charge in [-0.15, -0.1) is 11.3 Å². The van der Waals surface area contributed by atoms with Gasteiger partial charge in [-0.2, -0.15) is 0 Å². The van der Waals surface area contributed by atoms with Crippen molar-refractivity contribution in [2.45, 2.75) is 32.3 Å². The Morgan fingerprint density at radius 2 is 2.11 bits per heavy atom. The number of carbonyl (C=O) groups is 1. The molecule has 0 unspecified atom stereocenters. The second-order valence-corrected chi connectivity index (χ2v) is 7.33. The molecule has 0 saturated heterocycles. The highest BCUT2D eigenvalue weighted by molar-refractivity contribution is 7.17. The first kappa shape index (κ1) is 17.3. The first-order valence-electron chi connectivity index (χ1n) is 8.48. The van der Waals surface area contributed by atoms with E-state index in [0.717, 1.165) is 37.4 Å². The predicted molar refractivity (Wildman–Crippen MR) is 98.2 cm³/mol. The third-order valence-electron chi connectivity index (χ3n) is 4.46. The van der Waals surface area contributed by atoms with Crippen LogP contribution in [-0.4, -0.2) is 20.3 Å². The molecule has 4 rings (SSSR count). The minimum Gasteiger partial charge on any atom is -0.456 e. The Morgan fingerprint density at radius 1 is 1.30 bits per heavy atom. The summed E-state index contributed by atoms with van der Waals surface area (Å²) in [5, 5.41) is 10.8. The average molecular weight is 385 g/mol. The number of nitrogens with zero attached hydrogens (tertiary/aromatic N) is 3. The maximum atomic E-state index is 12.5. The summed E-state index contributed by atoms with van der Waals surface area (Å²) in [6.45, 7) is -0.171. The lowest BCUT2D eigenvalue weighted by Crippen LogP contribution is -2.18. The van der Waals surface area contributed by atoms with Gasteiger partial charge in [0.1, 0.15) is 6.61 Å². The number of rotatable bonds is 4. The largest absolute Gasteiger partial charge is 0.456 e. The molecule has 0 saturated carbocycles. The SMILES string of the molecule is O=C(OCc1cc(=O)n2c3c(sc2n1)CCCC3)c1cccc([N+](=O)[O-])c1. The fourth-order valence-corrected chi connectivity index (χ4v) is 4.42. The van der Waals surface area contributed by atoms with Crippen molar-refractivity contribution in [1.82, 2.24) is 9.38 Å². The molecule has 2 aromatic heterocycles. The van der Waals surface area contributed by atoms with Gasteiger partial charge >= 0.3 is 5.97 Å². The summed E-state index contributed by atoms with van der Waals surface area (Å²) in [4.78, 5) is 41.1. The molecular formula is C18H15N3O5S. The highest BCUT2D eigenvalue weighted by atomic mass is 32.1. The van der Waals surface area contributed by atoms with Gasteiger partial charge in [0.25, 0.3) is 11.2 Å². The second kappa shape index (κ2) is 6.92. The van der Waals surface area contributed by atoms with Crippen molar-refractivity contribution in [3.8, 4) is 0 Å². The molecule has 27 heavy (non-hydrogen) atoms. The van der Waals surface area contributed by atoms with Crippen molar-refractivity contribution in [3.63, 3.8) is 0 Å². The molecule has 0 spiro atoms. The minimum absolute atomic E-state index is 0.0774. The summed E-state index contributed by atoms with van der Waals surface area (Å²) >= 11 is 1.50. The number of benzene rings is 1. The van der Waals surface area contributed by atoms with E-state index in [1.54, 1.807) is 4.40 Å². The van der Waals surface area contributed by atoms with Crippen LogP contribution < -0.4 is 5.56 Å². The number of thiazole rings is 1. The van der Waals surface area contributed by atoms with Gasteiger partial charge in [0.2, 0.25) is 0 Å². The number of hydrogen-bond donors (Lipinski definition) is 0. The zero-order valence-corrected chi connectivity index (χ0v) is 15.0. The molecule has 1 aromatic carbocycles. The van der Waals surface area contributed by atoms with Gasteiger partial charge in [-0.05, 0) is 31.7 Å². The zero-order chi connectivity index (χ0) is 19.0. The standard InChI is InChI=1S/C18H15N3O5S/c22-16-9-12(19-18-20(16)14-6-1-2-7-15(14)27-18)10-26-17(23)11-4-3-5-13(8-11)21(24)25/h3-5,8-9H,1-2,6-7,10H2. The highest BCUT2D eigenvalue weighted by Gasteiger charge is 2.19. The number of fused-ring (bicyclic) bond motifs is 3. The smallest absolute Gasteiger partial charge is 0.338 e. The number of carbonyl (C=O) groups excluding carboxylic acids is 1. The second-order valence-electron chi connectivity index (χ2n) is 6.27. The molecule has 0 N–H and O–H groups in total. The molecular weight excluding hydrogens is 370 g/mol. The van der Waals surface area contributed by atoms with Crippen LogP contribution >= 0.6 is 11.3 Å². The molecule has 8 nitrogen and oxygen atoms in total. The minimum atomic E-state index is -0.703. The predicted octanol–water partition coefficient (Wildman–Crippen LogP) is 2.90. The Balaban J connectivity index is 1.55. The Morgan fingerprint density at radius 3 is 2.93 bits per heavy atom. The van der Waals surface area contributed by atoms with Crippen molar-refractivity contribution < 1.29 is 14.5 Å². The van der Waals surface area contributed by atoms with Crippen LogP contribution in [0.5, 0.6) is 0 Å². The molecule has 2 heterocycles. The molecule has 0 aliphatic heterocycles. The van der Waals surface area contributed by atoms with Gasteiger partial charge in [0.05, 0.1) is 16.2 Å². The Labute approximate surface area is 157 Å². The molecule has 9 heteroatoms. The number of aryl methyl sites for hydroxylation is 2. The van der Waals surface area contributed by atoms with Crippen molar-refractivity contribution in [1.29, 1.82) is 0 Å². The van der Waals surface area contributed by atoms with E-state index >= 15 is 0 Å². The van der Waals surface area contributed by atoms with E-state index in [1.165, 1.54) is 40.5 Å². The summed E-state index contributed by atoms with van der Waals surface area (Å²) in [5.41, 5.74) is 1.11. The third kappa shape index (κ3) is 3.33. The molecule has 0 atom stereocenters. The molecule has 1 aliphatic rings. The maximum absolute atomic E-state index is 12.5. The molecule has 3 aromatic rings. The number of esters is 1. The van der Waals surface area contributed by atoms with Crippen LogP contribution in [0, 0.1) is 10.1 Å². The average Bonchev–Trinajstić information content (AvgIpc) is 3.05. The molecule has 0 radical (unpaired) electrons. The number of nitro groups is 1. The summed E-state index contributed by atoms with van der Waals surface area (Å²) in [6, 6.07) is 6.68. The van der Waals surface area contributed by atoms with Crippen LogP contribution in [0.4, 0.5) is 5.69 Å². The Bertz CT molecular complexity index is 1120. The number of nitro benzene ring substituents is 1. The summed E-state index contributed by atoms with van der Waals surface area (Å²) in [7, 11) is 0. The van der Waals surface area contributed by atoms with Crippen molar-refractivity contribution >= 4 is 28.0 Å². The van der Waals surface area contributed by atoms with Crippen LogP contribution in [0.15, 0.2) is 35.1 Å². The number of hydrogen-bond acceptors (Lipinski definition) is 7. The van der Waals surface area contributed by atoms with E-state index in [-0.39, 0.29) is 23.4 Å². The fraction of sp³-hybridized carbons (Fsp3) is 0.278. The summed E-state index contributed by atoms with van der Waals surface area (Å²) in [5.74, 6) is -0.703. The molecule has 0 amide bonds. The van der Waals surface area contributed by atoms with Crippen LogP contribution in [0.25, 0.3) is 4.96 Å². The molecule has 0 fully saturated rings. The van der Waals surface area contributed by atoms with Crippen LogP contribution in [-0.2, 0) is 24.2 Å². The van der Waals surface area contributed by atoms with E-state index < -0.39 is 10.9 Å².